The van der Waals surface area contributed by atoms with Crippen LogP contribution < -0.4 is 5.32 Å². The fourth-order valence-electron chi connectivity index (χ4n) is 1.96. The third kappa shape index (κ3) is 3.17. The Hall–Kier alpha value is -2.47. The summed E-state index contributed by atoms with van der Waals surface area (Å²) in [7, 11) is 0. The van der Waals surface area contributed by atoms with Crippen LogP contribution in [-0.4, -0.2) is 16.0 Å². The van der Waals surface area contributed by atoms with Crippen molar-refractivity contribution in [3.8, 4) is 0 Å². The molecule has 6 heteroatoms. The first kappa shape index (κ1) is 13.5. The van der Waals surface area contributed by atoms with Gasteiger partial charge in [-0.2, -0.15) is 4.98 Å². The van der Waals surface area contributed by atoms with Crippen molar-refractivity contribution in [2.45, 2.75) is 13.3 Å². The molecule has 0 bridgehead atoms. The lowest BCUT2D eigenvalue weighted by Crippen LogP contribution is -2.11. The van der Waals surface area contributed by atoms with Gasteiger partial charge in [-0.25, -0.2) is 0 Å². The molecule has 0 radical (unpaired) electrons. The second-order valence-corrected chi connectivity index (χ2v) is 5.45. The third-order valence-corrected chi connectivity index (χ3v) is 3.79. The fraction of sp³-hybridized carbons (Fsp3) is 0.133. The molecule has 1 aromatic carbocycles. The van der Waals surface area contributed by atoms with Crippen LogP contribution in [0.25, 0.3) is 0 Å². The number of carbonyl (C=O) groups is 1. The highest BCUT2D eigenvalue weighted by atomic mass is 32.1. The van der Waals surface area contributed by atoms with Crippen LogP contribution in [0.15, 0.2) is 46.3 Å². The van der Waals surface area contributed by atoms with Crippen molar-refractivity contribution in [1.82, 2.24) is 10.1 Å². The van der Waals surface area contributed by atoms with E-state index in [-0.39, 0.29) is 5.91 Å². The van der Waals surface area contributed by atoms with Crippen molar-refractivity contribution in [2.75, 3.05) is 5.32 Å². The van der Waals surface area contributed by atoms with E-state index in [0.29, 0.717) is 23.0 Å². The molecule has 0 saturated carbocycles. The van der Waals surface area contributed by atoms with Crippen molar-refractivity contribution in [3.63, 3.8) is 0 Å². The number of thiophene rings is 1. The third-order valence-electron chi connectivity index (χ3n) is 2.92. The van der Waals surface area contributed by atoms with Gasteiger partial charge in [-0.05, 0) is 30.0 Å². The first-order valence-electron chi connectivity index (χ1n) is 6.44. The predicted molar refractivity (Wildman–Crippen MR) is 80.6 cm³/mol. The van der Waals surface area contributed by atoms with Crippen LogP contribution in [0.3, 0.4) is 0 Å². The Labute approximate surface area is 125 Å². The number of carbonyl (C=O) groups excluding carboxylic acids is 1. The van der Waals surface area contributed by atoms with Crippen LogP contribution in [0, 0.1) is 6.92 Å². The Balaban J connectivity index is 1.81. The van der Waals surface area contributed by atoms with Crippen molar-refractivity contribution < 1.29 is 9.32 Å². The minimum Gasteiger partial charge on any atom is -0.339 e. The van der Waals surface area contributed by atoms with E-state index < -0.39 is 0 Å². The van der Waals surface area contributed by atoms with Gasteiger partial charge in [0.05, 0.1) is 11.3 Å². The molecule has 2 aromatic heterocycles. The molecule has 1 N–H and O–H groups in total. The maximum Gasteiger partial charge on any atom is 0.265 e. The Morgan fingerprint density at radius 3 is 2.86 bits per heavy atom. The van der Waals surface area contributed by atoms with E-state index in [1.54, 1.807) is 13.0 Å². The molecule has 0 aliphatic rings. The quantitative estimate of drug-likeness (QED) is 0.802. The number of hydrogen-bond acceptors (Lipinski definition) is 5. The van der Waals surface area contributed by atoms with Gasteiger partial charge in [0.2, 0.25) is 5.89 Å². The number of para-hydroxylation sites is 1. The number of hydrogen-bond donors (Lipinski definition) is 1. The Morgan fingerprint density at radius 1 is 1.29 bits per heavy atom. The van der Waals surface area contributed by atoms with E-state index in [9.17, 15) is 4.79 Å². The molecule has 1 amide bonds. The second kappa shape index (κ2) is 5.88. The highest BCUT2D eigenvalue weighted by molar-refractivity contribution is 7.12. The standard InChI is InChI=1S/C15H13N3O2S/c1-10-16-14(20-18-10)9-11-5-2-3-6-12(11)17-15(19)13-7-4-8-21-13/h2-8H,9H2,1H3,(H,17,19). The maximum atomic E-state index is 12.1. The van der Waals surface area contributed by atoms with Gasteiger partial charge in [-0.15, -0.1) is 11.3 Å². The average molecular weight is 299 g/mol. The summed E-state index contributed by atoms with van der Waals surface area (Å²) in [6, 6.07) is 11.2. The largest absolute Gasteiger partial charge is 0.339 e. The highest BCUT2D eigenvalue weighted by Crippen LogP contribution is 2.20. The number of amides is 1. The van der Waals surface area contributed by atoms with Crippen LogP contribution in [0.5, 0.6) is 0 Å². The molecule has 21 heavy (non-hydrogen) atoms. The van der Waals surface area contributed by atoms with Gasteiger partial charge < -0.3 is 9.84 Å². The van der Waals surface area contributed by atoms with Crippen LogP contribution in [0.4, 0.5) is 5.69 Å². The van der Waals surface area contributed by atoms with Crippen molar-refractivity contribution in [3.05, 3.63) is 63.9 Å². The lowest BCUT2D eigenvalue weighted by Gasteiger charge is -2.08. The zero-order valence-corrected chi connectivity index (χ0v) is 12.2. The molecule has 0 atom stereocenters. The lowest BCUT2D eigenvalue weighted by atomic mass is 10.1. The summed E-state index contributed by atoms with van der Waals surface area (Å²) >= 11 is 1.41. The van der Waals surface area contributed by atoms with E-state index in [4.69, 9.17) is 4.52 Å². The molecule has 0 fully saturated rings. The Kier molecular flexibility index (Phi) is 3.79. The van der Waals surface area contributed by atoms with E-state index in [1.807, 2.05) is 35.7 Å². The van der Waals surface area contributed by atoms with E-state index in [0.717, 1.165) is 11.3 Å². The van der Waals surface area contributed by atoms with Crippen LogP contribution in [0.2, 0.25) is 0 Å². The summed E-state index contributed by atoms with van der Waals surface area (Å²) in [5.41, 5.74) is 1.69. The van der Waals surface area contributed by atoms with E-state index >= 15 is 0 Å². The van der Waals surface area contributed by atoms with Gasteiger partial charge in [0, 0.05) is 5.69 Å². The number of benzene rings is 1. The molecule has 5 nitrogen and oxygen atoms in total. The molecule has 0 spiro atoms. The highest BCUT2D eigenvalue weighted by Gasteiger charge is 2.12. The molecule has 0 aliphatic heterocycles. The van der Waals surface area contributed by atoms with Crippen molar-refractivity contribution in [1.29, 1.82) is 0 Å². The Morgan fingerprint density at radius 2 is 2.14 bits per heavy atom. The SMILES string of the molecule is Cc1noc(Cc2ccccc2NC(=O)c2cccs2)n1. The molecular weight excluding hydrogens is 286 g/mol. The zero-order valence-electron chi connectivity index (χ0n) is 11.4. The Bertz CT molecular complexity index is 750. The van der Waals surface area contributed by atoms with Crippen molar-refractivity contribution >= 4 is 22.9 Å². The van der Waals surface area contributed by atoms with E-state index in [1.165, 1.54) is 11.3 Å². The number of rotatable bonds is 4. The van der Waals surface area contributed by atoms with Gasteiger partial charge >= 0.3 is 0 Å². The van der Waals surface area contributed by atoms with Gasteiger partial charge in [-0.1, -0.05) is 29.4 Å². The summed E-state index contributed by atoms with van der Waals surface area (Å²) in [5.74, 6) is 1.02. The number of nitrogens with zero attached hydrogens (tertiary/aromatic N) is 2. The normalized spacial score (nSPS) is 10.5. The monoisotopic (exact) mass is 299 g/mol. The summed E-state index contributed by atoms with van der Waals surface area (Å²) in [6.45, 7) is 1.78. The van der Waals surface area contributed by atoms with Gasteiger partial charge in [0.1, 0.15) is 0 Å². The van der Waals surface area contributed by atoms with Gasteiger partial charge in [0.15, 0.2) is 5.82 Å². The maximum absolute atomic E-state index is 12.1. The summed E-state index contributed by atoms with van der Waals surface area (Å²) < 4.78 is 5.13. The lowest BCUT2D eigenvalue weighted by molar-refractivity contribution is 0.103. The second-order valence-electron chi connectivity index (χ2n) is 4.50. The first-order valence-corrected chi connectivity index (χ1v) is 7.32. The molecule has 106 valence electrons. The van der Waals surface area contributed by atoms with Gasteiger partial charge in [-0.3, -0.25) is 4.79 Å². The van der Waals surface area contributed by atoms with Crippen LogP contribution in [-0.2, 0) is 6.42 Å². The number of aryl methyl sites for hydroxylation is 1. The molecule has 2 heterocycles. The molecule has 0 unspecified atom stereocenters. The fourth-order valence-corrected chi connectivity index (χ4v) is 2.58. The molecule has 0 aliphatic carbocycles. The summed E-state index contributed by atoms with van der Waals surface area (Å²) in [4.78, 5) is 17.0. The predicted octanol–water partition coefficient (Wildman–Crippen LogP) is 3.28. The zero-order chi connectivity index (χ0) is 14.7. The number of aromatic nitrogens is 2. The minimum absolute atomic E-state index is 0.112. The summed E-state index contributed by atoms with van der Waals surface area (Å²) in [5, 5.41) is 8.57. The molecule has 0 saturated heterocycles. The van der Waals surface area contributed by atoms with Crippen LogP contribution in [0.1, 0.15) is 27.0 Å². The molecule has 3 aromatic rings. The van der Waals surface area contributed by atoms with E-state index in [2.05, 4.69) is 15.5 Å². The van der Waals surface area contributed by atoms with Gasteiger partial charge in [0.25, 0.3) is 5.91 Å². The minimum atomic E-state index is -0.112. The number of anilines is 1. The van der Waals surface area contributed by atoms with Crippen molar-refractivity contribution in [2.24, 2.45) is 0 Å². The molecule has 3 rings (SSSR count). The number of nitrogens with one attached hydrogen (secondary N) is 1. The molecular formula is C15H13N3O2S. The smallest absolute Gasteiger partial charge is 0.265 e. The first-order chi connectivity index (χ1) is 10.2. The topological polar surface area (TPSA) is 68.0 Å². The van der Waals surface area contributed by atoms with Crippen LogP contribution >= 0.6 is 11.3 Å². The summed E-state index contributed by atoms with van der Waals surface area (Å²) in [6.07, 6.45) is 0.488. The average Bonchev–Trinajstić information content (AvgIpc) is 3.13.